The van der Waals surface area contributed by atoms with E-state index in [1.54, 1.807) is 0 Å². The van der Waals surface area contributed by atoms with Crippen molar-refractivity contribution in [1.82, 2.24) is 15.5 Å². The van der Waals surface area contributed by atoms with E-state index in [0.29, 0.717) is 19.4 Å². The molecule has 6 heteroatoms. The quantitative estimate of drug-likeness (QED) is 0.440. The molecule has 0 aromatic heterocycles. The van der Waals surface area contributed by atoms with Gasteiger partial charge in [0.2, 0.25) is 5.91 Å². The summed E-state index contributed by atoms with van der Waals surface area (Å²) >= 11 is 0. The van der Waals surface area contributed by atoms with Crippen LogP contribution in [0.4, 0.5) is 4.79 Å². The zero-order chi connectivity index (χ0) is 26.1. The number of hydrogen-bond donors (Lipinski definition) is 2. The molecule has 0 heterocycles. The fraction of sp³-hybridized carbons (Fsp3) is 0.517. The Kier molecular flexibility index (Phi) is 9.90. The Morgan fingerprint density at radius 1 is 0.829 bits per heavy atom. The lowest BCUT2D eigenvalue weighted by atomic mass is 9.80. The van der Waals surface area contributed by atoms with Crippen molar-refractivity contribution in [2.24, 2.45) is 0 Å². The molecule has 0 aliphatic heterocycles. The summed E-state index contributed by atoms with van der Waals surface area (Å²) < 4.78 is 5.40. The molecular weight excluding hydrogens is 438 g/mol. The second-order valence-electron chi connectivity index (χ2n) is 10.9. The van der Waals surface area contributed by atoms with Crippen LogP contribution in [0.3, 0.4) is 0 Å². The van der Waals surface area contributed by atoms with Crippen molar-refractivity contribution >= 4 is 12.0 Å². The summed E-state index contributed by atoms with van der Waals surface area (Å²) in [6, 6.07) is 20.3. The number of hydrogen-bond acceptors (Lipinski definition) is 4. The highest BCUT2D eigenvalue weighted by Gasteiger charge is 2.34. The van der Waals surface area contributed by atoms with Gasteiger partial charge in [-0.2, -0.15) is 0 Å². The Labute approximate surface area is 211 Å². The number of benzene rings is 2. The maximum absolute atomic E-state index is 12.9. The first-order chi connectivity index (χ1) is 16.4. The summed E-state index contributed by atoms with van der Waals surface area (Å²) in [5.74, 6) is 0.0338. The Balaban J connectivity index is 2.07. The zero-order valence-electron chi connectivity index (χ0n) is 22.5. The number of rotatable bonds is 11. The van der Waals surface area contributed by atoms with Crippen molar-refractivity contribution in [1.29, 1.82) is 0 Å². The van der Waals surface area contributed by atoms with Gasteiger partial charge in [0.05, 0.1) is 5.54 Å². The van der Waals surface area contributed by atoms with Gasteiger partial charge in [0, 0.05) is 18.5 Å². The van der Waals surface area contributed by atoms with E-state index in [0.717, 1.165) is 18.4 Å². The number of nitrogens with zero attached hydrogens (tertiary/aromatic N) is 1. The molecule has 0 radical (unpaired) electrons. The SMILES string of the molecule is CN(C)C(CCCC(=O)NC(C)(C)c1ccccc1)(CCNC(=O)OC(C)(C)C)c1ccccc1. The van der Waals surface area contributed by atoms with E-state index in [9.17, 15) is 9.59 Å². The fourth-order valence-electron chi connectivity index (χ4n) is 4.43. The van der Waals surface area contributed by atoms with Gasteiger partial charge in [0.1, 0.15) is 5.60 Å². The van der Waals surface area contributed by atoms with Gasteiger partial charge in [0.25, 0.3) is 0 Å². The lowest BCUT2D eigenvalue weighted by Gasteiger charge is -2.41. The average Bonchev–Trinajstić information content (AvgIpc) is 2.77. The molecule has 2 aromatic carbocycles. The standard InChI is InChI=1S/C29H43N3O3/c1-27(2,3)35-26(34)30-22-21-29(32(6)7,24-17-12-9-13-18-24)20-14-19-25(33)31-28(4,5)23-15-10-8-11-16-23/h8-13,15-18H,14,19-22H2,1-7H3,(H,30,34)(H,31,33). The molecule has 0 saturated carbocycles. The summed E-state index contributed by atoms with van der Waals surface area (Å²) in [7, 11) is 4.11. The lowest BCUT2D eigenvalue weighted by molar-refractivity contribution is -0.123. The first kappa shape index (κ1) is 28.4. The number of amides is 2. The first-order valence-electron chi connectivity index (χ1n) is 12.4. The van der Waals surface area contributed by atoms with Gasteiger partial charge in [-0.3, -0.25) is 9.69 Å². The molecule has 0 saturated heterocycles. The maximum Gasteiger partial charge on any atom is 0.407 e. The molecule has 1 atom stereocenters. The van der Waals surface area contributed by atoms with Gasteiger partial charge >= 0.3 is 6.09 Å². The molecule has 0 bridgehead atoms. The minimum atomic E-state index is -0.539. The Bertz CT molecular complexity index is 937. The van der Waals surface area contributed by atoms with Crippen LogP contribution in [0.5, 0.6) is 0 Å². The third-order valence-electron chi connectivity index (χ3n) is 6.32. The third kappa shape index (κ3) is 8.70. The van der Waals surface area contributed by atoms with E-state index >= 15 is 0 Å². The van der Waals surface area contributed by atoms with Crippen LogP contribution >= 0.6 is 0 Å². The van der Waals surface area contributed by atoms with Crippen LogP contribution in [0, 0.1) is 0 Å². The molecule has 6 nitrogen and oxygen atoms in total. The van der Waals surface area contributed by atoms with Gasteiger partial charge in [0.15, 0.2) is 0 Å². The molecule has 0 aliphatic carbocycles. The number of ether oxygens (including phenoxy) is 1. The molecule has 0 aliphatic rings. The topological polar surface area (TPSA) is 70.7 Å². The normalized spacial score (nSPS) is 13.7. The molecule has 2 rings (SSSR count). The number of carbonyl (C=O) groups is 2. The predicted molar refractivity (Wildman–Crippen MR) is 142 cm³/mol. The Hall–Kier alpha value is -2.86. The van der Waals surface area contributed by atoms with E-state index in [1.807, 2.05) is 83.1 Å². The smallest absolute Gasteiger partial charge is 0.407 e. The highest BCUT2D eigenvalue weighted by Crippen LogP contribution is 2.35. The molecule has 0 spiro atoms. The van der Waals surface area contributed by atoms with E-state index in [4.69, 9.17) is 4.74 Å². The van der Waals surface area contributed by atoms with E-state index in [1.165, 1.54) is 5.56 Å². The number of nitrogens with one attached hydrogen (secondary N) is 2. The maximum atomic E-state index is 12.9. The molecule has 2 aromatic rings. The molecule has 0 fully saturated rings. The largest absolute Gasteiger partial charge is 0.444 e. The van der Waals surface area contributed by atoms with Crippen molar-refractivity contribution in [2.75, 3.05) is 20.6 Å². The summed E-state index contributed by atoms with van der Waals surface area (Å²) in [6.07, 6.45) is 2.20. The van der Waals surface area contributed by atoms with Gasteiger partial charge < -0.3 is 15.4 Å². The minimum Gasteiger partial charge on any atom is -0.444 e. The van der Waals surface area contributed by atoms with E-state index in [2.05, 4.69) is 41.8 Å². The summed E-state index contributed by atoms with van der Waals surface area (Å²) in [6.45, 7) is 10.1. The lowest BCUT2D eigenvalue weighted by Crippen LogP contribution is -2.45. The molecule has 2 N–H and O–H groups in total. The zero-order valence-corrected chi connectivity index (χ0v) is 22.5. The average molecular weight is 482 g/mol. The summed E-state index contributed by atoms with van der Waals surface area (Å²) in [5.41, 5.74) is 0.942. The summed E-state index contributed by atoms with van der Waals surface area (Å²) in [4.78, 5) is 27.3. The molecule has 35 heavy (non-hydrogen) atoms. The van der Waals surface area contributed by atoms with Crippen LogP contribution in [-0.4, -0.2) is 43.1 Å². The van der Waals surface area contributed by atoms with Gasteiger partial charge in [-0.25, -0.2) is 4.79 Å². The van der Waals surface area contributed by atoms with Crippen molar-refractivity contribution in [3.63, 3.8) is 0 Å². The Morgan fingerprint density at radius 2 is 1.37 bits per heavy atom. The number of alkyl carbamates (subject to hydrolysis) is 1. The molecule has 192 valence electrons. The predicted octanol–water partition coefficient (Wildman–Crippen LogP) is 5.58. The van der Waals surface area contributed by atoms with E-state index in [-0.39, 0.29) is 11.4 Å². The third-order valence-corrected chi connectivity index (χ3v) is 6.32. The second-order valence-corrected chi connectivity index (χ2v) is 10.9. The van der Waals surface area contributed by atoms with Crippen LogP contribution in [0.15, 0.2) is 60.7 Å². The van der Waals surface area contributed by atoms with Crippen LogP contribution in [0.2, 0.25) is 0 Å². The fourth-order valence-corrected chi connectivity index (χ4v) is 4.43. The van der Waals surface area contributed by atoms with Gasteiger partial charge in [-0.15, -0.1) is 0 Å². The van der Waals surface area contributed by atoms with Crippen molar-refractivity contribution in [3.8, 4) is 0 Å². The second kappa shape index (κ2) is 12.2. The molecular formula is C29H43N3O3. The van der Waals surface area contributed by atoms with Crippen molar-refractivity contribution in [2.45, 2.75) is 77.0 Å². The van der Waals surface area contributed by atoms with E-state index < -0.39 is 17.2 Å². The monoisotopic (exact) mass is 481 g/mol. The molecule has 2 amide bonds. The minimum absolute atomic E-state index is 0.0338. The van der Waals surface area contributed by atoms with Crippen LogP contribution in [-0.2, 0) is 20.6 Å². The van der Waals surface area contributed by atoms with Crippen LogP contribution in [0.25, 0.3) is 0 Å². The summed E-state index contributed by atoms with van der Waals surface area (Å²) in [5, 5.41) is 6.08. The Morgan fingerprint density at radius 3 is 1.89 bits per heavy atom. The first-order valence-corrected chi connectivity index (χ1v) is 12.4. The molecule has 1 unspecified atom stereocenters. The van der Waals surface area contributed by atoms with Gasteiger partial charge in [-0.1, -0.05) is 60.7 Å². The van der Waals surface area contributed by atoms with Gasteiger partial charge in [-0.05, 0) is 79.1 Å². The van der Waals surface area contributed by atoms with Crippen molar-refractivity contribution < 1.29 is 14.3 Å². The number of carbonyl (C=O) groups excluding carboxylic acids is 2. The van der Waals surface area contributed by atoms with Crippen molar-refractivity contribution in [3.05, 3.63) is 71.8 Å². The van der Waals surface area contributed by atoms with Crippen LogP contribution in [0.1, 0.15) is 71.4 Å². The highest BCUT2D eigenvalue weighted by molar-refractivity contribution is 5.77. The highest BCUT2D eigenvalue weighted by atomic mass is 16.6. The van der Waals surface area contributed by atoms with Crippen LogP contribution < -0.4 is 10.6 Å².